The third-order valence-corrected chi connectivity index (χ3v) is 4.01. The van der Waals surface area contributed by atoms with Crippen molar-refractivity contribution in [3.63, 3.8) is 0 Å². The highest BCUT2D eigenvalue weighted by atomic mass is 16.5. The molecular formula is C18H18N2O3. The number of hydrogen-bond acceptors (Lipinski definition) is 3. The first-order valence-electron chi connectivity index (χ1n) is 7.49. The van der Waals surface area contributed by atoms with E-state index in [9.17, 15) is 9.59 Å². The lowest BCUT2D eigenvalue weighted by Crippen LogP contribution is -2.40. The normalized spacial score (nSPS) is 16.2. The van der Waals surface area contributed by atoms with E-state index >= 15 is 0 Å². The van der Waals surface area contributed by atoms with Gasteiger partial charge in [0.1, 0.15) is 5.75 Å². The van der Waals surface area contributed by atoms with Crippen molar-refractivity contribution < 1.29 is 14.3 Å². The summed E-state index contributed by atoms with van der Waals surface area (Å²) in [6, 6.07) is 14.6. The number of carbonyl (C=O) groups excluding carboxylic acids is 2. The van der Waals surface area contributed by atoms with E-state index in [1.165, 1.54) is 0 Å². The summed E-state index contributed by atoms with van der Waals surface area (Å²) in [5.74, 6) is 0.356. The average Bonchev–Trinajstić information content (AvgIpc) is 2.61. The quantitative estimate of drug-likeness (QED) is 0.907. The lowest BCUT2D eigenvalue weighted by Gasteiger charge is -2.26. The van der Waals surface area contributed by atoms with Crippen LogP contribution in [0, 0.1) is 0 Å². The van der Waals surface area contributed by atoms with Crippen LogP contribution in [0.3, 0.4) is 0 Å². The predicted molar refractivity (Wildman–Crippen MR) is 86.8 cm³/mol. The van der Waals surface area contributed by atoms with Crippen molar-refractivity contribution >= 4 is 11.8 Å². The van der Waals surface area contributed by atoms with Gasteiger partial charge in [0.15, 0.2) is 0 Å². The first-order chi connectivity index (χ1) is 11.2. The highest BCUT2D eigenvalue weighted by molar-refractivity contribution is 5.98. The van der Waals surface area contributed by atoms with Crippen molar-refractivity contribution in [2.75, 3.05) is 20.2 Å². The number of carbonyl (C=O) groups is 2. The van der Waals surface area contributed by atoms with Crippen molar-refractivity contribution in [1.82, 2.24) is 10.6 Å². The highest BCUT2D eigenvalue weighted by Gasteiger charge is 2.25. The number of fused-ring (bicyclic) bond motifs is 1. The van der Waals surface area contributed by atoms with E-state index in [1.807, 2.05) is 24.3 Å². The Kier molecular flexibility index (Phi) is 4.28. The molecule has 1 atom stereocenters. The SMILES string of the molecule is COc1ccccc1C(=O)NCC1CNC(=O)c2ccccc21. The third kappa shape index (κ3) is 3.04. The third-order valence-electron chi connectivity index (χ3n) is 4.01. The second-order valence-electron chi connectivity index (χ2n) is 5.40. The summed E-state index contributed by atoms with van der Waals surface area (Å²) in [7, 11) is 1.54. The minimum Gasteiger partial charge on any atom is -0.496 e. The number of ether oxygens (including phenoxy) is 1. The fourth-order valence-electron chi connectivity index (χ4n) is 2.81. The van der Waals surface area contributed by atoms with Crippen LogP contribution in [0.2, 0.25) is 0 Å². The van der Waals surface area contributed by atoms with E-state index in [0.29, 0.717) is 30.0 Å². The van der Waals surface area contributed by atoms with Crippen molar-refractivity contribution in [1.29, 1.82) is 0 Å². The maximum atomic E-state index is 12.4. The number of methoxy groups -OCH3 is 1. The average molecular weight is 310 g/mol. The molecule has 5 heteroatoms. The lowest BCUT2D eigenvalue weighted by atomic mass is 9.90. The summed E-state index contributed by atoms with van der Waals surface area (Å²) >= 11 is 0. The van der Waals surface area contributed by atoms with Crippen molar-refractivity contribution in [2.45, 2.75) is 5.92 Å². The smallest absolute Gasteiger partial charge is 0.255 e. The van der Waals surface area contributed by atoms with Crippen LogP contribution in [0.15, 0.2) is 48.5 Å². The molecule has 2 aromatic rings. The Bertz CT molecular complexity index is 743. The molecule has 2 amide bonds. The molecule has 3 rings (SSSR count). The molecule has 1 heterocycles. The fraction of sp³-hybridized carbons (Fsp3) is 0.222. The van der Waals surface area contributed by atoms with E-state index in [4.69, 9.17) is 4.74 Å². The first kappa shape index (κ1) is 15.1. The topological polar surface area (TPSA) is 67.4 Å². The Morgan fingerprint density at radius 3 is 2.78 bits per heavy atom. The lowest BCUT2D eigenvalue weighted by molar-refractivity contribution is 0.0935. The monoisotopic (exact) mass is 310 g/mol. The van der Waals surface area contributed by atoms with Gasteiger partial charge >= 0.3 is 0 Å². The van der Waals surface area contributed by atoms with Gasteiger partial charge in [-0.25, -0.2) is 0 Å². The molecule has 0 aromatic heterocycles. The van der Waals surface area contributed by atoms with Crippen LogP contribution in [0.1, 0.15) is 32.2 Å². The molecule has 2 aromatic carbocycles. The second kappa shape index (κ2) is 6.52. The van der Waals surface area contributed by atoms with Gasteiger partial charge in [-0.3, -0.25) is 9.59 Å². The zero-order valence-electron chi connectivity index (χ0n) is 12.8. The maximum Gasteiger partial charge on any atom is 0.255 e. The van der Waals surface area contributed by atoms with Crippen LogP contribution >= 0.6 is 0 Å². The van der Waals surface area contributed by atoms with Gasteiger partial charge in [-0.15, -0.1) is 0 Å². The van der Waals surface area contributed by atoms with Crippen LogP contribution in [0.25, 0.3) is 0 Å². The van der Waals surface area contributed by atoms with Gasteiger partial charge in [0.2, 0.25) is 0 Å². The van der Waals surface area contributed by atoms with Gasteiger partial charge in [-0.05, 0) is 23.8 Å². The van der Waals surface area contributed by atoms with E-state index < -0.39 is 0 Å². The molecule has 5 nitrogen and oxygen atoms in total. The van der Waals surface area contributed by atoms with Crippen LogP contribution in [0.5, 0.6) is 5.75 Å². The summed E-state index contributed by atoms with van der Waals surface area (Å²) in [5, 5.41) is 5.79. The van der Waals surface area contributed by atoms with Gasteiger partial charge < -0.3 is 15.4 Å². The number of rotatable bonds is 4. The van der Waals surface area contributed by atoms with Gasteiger partial charge in [-0.2, -0.15) is 0 Å². The molecule has 1 unspecified atom stereocenters. The largest absolute Gasteiger partial charge is 0.496 e. The Hall–Kier alpha value is -2.82. The Balaban J connectivity index is 1.73. The van der Waals surface area contributed by atoms with Gasteiger partial charge in [0, 0.05) is 24.6 Å². The minimum atomic E-state index is -0.183. The minimum absolute atomic E-state index is 0.0579. The van der Waals surface area contributed by atoms with E-state index in [1.54, 1.807) is 31.4 Å². The van der Waals surface area contributed by atoms with Gasteiger partial charge in [-0.1, -0.05) is 30.3 Å². The Labute approximate surface area is 134 Å². The van der Waals surface area contributed by atoms with E-state index in [-0.39, 0.29) is 17.7 Å². The number of hydrogen-bond donors (Lipinski definition) is 2. The molecule has 0 fully saturated rings. The molecule has 23 heavy (non-hydrogen) atoms. The van der Waals surface area contributed by atoms with E-state index in [0.717, 1.165) is 5.56 Å². The highest BCUT2D eigenvalue weighted by Crippen LogP contribution is 2.23. The summed E-state index contributed by atoms with van der Waals surface area (Å²) in [6.45, 7) is 0.968. The molecule has 0 aliphatic carbocycles. The second-order valence-corrected chi connectivity index (χ2v) is 5.40. The summed E-state index contributed by atoms with van der Waals surface area (Å²) in [4.78, 5) is 24.2. The molecule has 0 bridgehead atoms. The number of benzene rings is 2. The zero-order valence-corrected chi connectivity index (χ0v) is 12.8. The molecule has 1 aliphatic rings. The van der Waals surface area contributed by atoms with E-state index in [2.05, 4.69) is 10.6 Å². The van der Waals surface area contributed by atoms with Crippen LogP contribution in [-0.2, 0) is 0 Å². The van der Waals surface area contributed by atoms with Crippen LogP contribution in [0.4, 0.5) is 0 Å². The van der Waals surface area contributed by atoms with Crippen LogP contribution < -0.4 is 15.4 Å². The zero-order chi connectivity index (χ0) is 16.2. The molecule has 0 saturated carbocycles. The molecule has 0 saturated heterocycles. The maximum absolute atomic E-state index is 12.4. The predicted octanol–water partition coefficient (Wildman–Crippen LogP) is 1.95. The molecular weight excluding hydrogens is 292 g/mol. The van der Waals surface area contributed by atoms with Crippen molar-refractivity contribution in [2.24, 2.45) is 0 Å². The summed E-state index contributed by atoms with van der Waals surface area (Å²) in [6.07, 6.45) is 0. The number of nitrogens with one attached hydrogen (secondary N) is 2. The Morgan fingerprint density at radius 1 is 1.22 bits per heavy atom. The standard InChI is InChI=1S/C18H18N2O3/c1-23-16-9-5-4-8-15(16)18(22)20-11-12-10-19-17(21)14-7-3-2-6-13(12)14/h2-9,12H,10-11H2,1H3,(H,19,21)(H,20,22). The van der Waals surface area contributed by atoms with Gasteiger partial charge in [0.25, 0.3) is 11.8 Å². The molecule has 118 valence electrons. The fourth-order valence-corrected chi connectivity index (χ4v) is 2.81. The van der Waals surface area contributed by atoms with Crippen LogP contribution in [-0.4, -0.2) is 32.0 Å². The van der Waals surface area contributed by atoms with Crippen molar-refractivity contribution in [3.8, 4) is 5.75 Å². The molecule has 0 spiro atoms. The molecule has 0 radical (unpaired) electrons. The van der Waals surface area contributed by atoms with Crippen molar-refractivity contribution in [3.05, 3.63) is 65.2 Å². The number of para-hydroxylation sites is 1. The summed E-state index contributed by atoms with van der Waals surface area (Å²) in [5.41, 5.74) is 2.15. The molecule has 1 aliphatic heterocycles. The number of amides is 2. The summed E-state index contributed by atoms with van der Waals surface area (Å²) < 4.78 is 5.21. The Morgan fingerprint density at radius 2 is 1.96 bits per heavy atom. The van der Waals surface area contributed by atoms with Gasteiger partial charge in [0.05, 0.1) is 12.7 Å². The molecule has 2 N–H and O–H groups in total. The first-order valence-corrected chi connectivity index (χ1v) is 7.49.